The normalized spacial score (nSPS) is 13.7. The van der Waals surface area contributed by atoms with Crippen LogP contribution in [0.25, 0.3) is 0 Å². The molecule has 0 heterocycles. The quantitative estimate of drug-likeness (QED) is 0.827. The van der Waals surface area contributed by atoms with Crippen LogP contribution in [0.1, 0.15) is 38.3 Å². The van der Waals surface area contributed by atoms with Gasteiger partial charge < -0.3 is 15.8 Å². The monoisotopic (exact) mass is 264 g/mol. The molecule has 3 N–H and O–H groups in total. The van der Waals surface area contributed by atoms with Crippen molar-refractivity contribution in [3.05, 3.63) is 29.3 Å². The van der Waals surface area contributed by atoms with Crippen LogP contribution in [-0.2, 0) is 11.3 Å². The van der Waals surface area contributed by atoms with Crippen molar-refractivity contribution < 1.29 is 9.53 Å². The number of amides is 1. The third-order valence-electron chi connectivity index (χ3n) is 2.99. The number of hydrogen-bond acceptors (Lipinski definition) is 3. The number of nitrogens with two attached hydrogens (primary N) is 1. The molecule has 4 nitrogen and oxygen atoms in total. The van der Waals surface area contributed by atoms with Crippen LogP contribution >= 0.6 is 0 Å². The first-order chi connectivity index (χ1) is 8.93. The molecule has 1 aromatic carbocycles. The van der Waals surface area contributed by atoms with Gasteiger partial charge in [0.15, 0.2) is 0 Å². The number of rotatable bonds is 6. The summed E-state index contributed by atoms with van der Waals surface area (Å²) in [5.41, 5.74) is 7.63. The SMILES string of the molecule is CCC(C)Oc1cc(C)ccc1CNC(=O)[C@H](C)N. The Morgan fingerprint density at radius 1 is 1.42 bits per heavy atom. The molecule has 0 spiro atoms. The average Bonchev–Trinajstić information content (AvgIpc) is 2.37. The molecule has 106 valence electrons. The summed E-state index contributed by atoms with van der Waals surface area (Å²) in [5, 5.41) is 2.81. The highest BCUT2D eigenvalue weighted by molar-refractivity contribution is 5.80. The lowest BCUT2D eigenvalue weighted by Gasteiger charge is -2.17. The number of ether oxygens (including phenoxy) is 1. The minimum atomic E-state index is -0.496. The van der Waals surface area contributed by atoms with E-state index in [0.29, 0.717) is 6.54 Å². The van der Waals surface area contributed by atoms with E-state index in [-0.39, 0.29) is 12.0 Å². The summed E-state index contributed by atoms with van der Waals surface area (Å²) in [6.07, 6.45) is 1.10. The van der Waals surface area contributed by atoms with E-state index in [1.54, 1.807) is 6.92 Å². The number of nitrogens with one attached hydrogen (secondary N) is 1. The molecule has 1 aromatic rings. The zero-order chi connectivity index (χ0) is 14.4. The molecule has 4 heteroatoms. The highest BCUT2D eigenvalue weighted by Gasteiger charge is 2.11. The maximum Gasteiger partial charge on any atom is 0.236 e. The van der Waals surface area contributed by atoms with Gasteiger partial charge in [0, 0.05) is 12.1 Å². The van der Waals surface area contributed by atoms with Crippen molar-refractivity contribution in [2.75, 3.05) is 0 Å². The predicted octanol–water partition coefficient (Wildman–Crippen LogP) is 2.14. The zero-order valence-electron chi connectivity index (χ0n) is 12.2. The fraction of sp³-hybridized carbons (Fsp3) is 0.533. The van der Waals surface area contributed by atoms with Crippen molar-refractivity contribution in [3.63, 3.8) is 0 Å². The van der Waals surface area contributed by atoms with E-state index < -0.39 is 6.04 Å². The Labute approximate surface area is 115 Å². The summed E-state index contributed by atoms with van der Waals surface area (Å²) in [6, 6.07) is 5.50. The number of carbonyl (C=O) groups is 1. The fourth-order valence-electron chi connectivity index (χ4n) is 1.56. The molecule has 1 rings (SSSR count). The molecular weight excluding hydrogens is 240 g/mol. The van der Waals surface area contributed by atoms with Crippen LogP contribution in [0.4, 0.5) is 0 Å². The van der Waals surface area contributed by atoms with E-state index in [1.165, 1.54) is 0 Å². The highest BCUT2D eigenvalue weighted by Crippen LogP contribution is 2.22. The summed E-state index contributed by atoms with van der Waals surface area (Å²) in [7, 11) is 0. The van der Waals surface area contributed by atoms with Crippen molar-refractivity contribution in [3.8, 4) is 5.75 Å². The molecule has 0 aliphatic carbocycles. The molecule has 1 amide bonds. The van der Waals surface area contributed by atoms with Gasteiger partial charge in [-0.15, -0.1) is 0 Å². The van der Waals surface area contributed by atoms with E-state index in [2.05, 4.69) is 12.2 Å². The summed E-state index contributed by atoms with van der Waals surface area (Å²) in [4.78, 5) is 11.5. The minimum Gasteiger partial charge on any atom is -0.490 e. The largest absolute Gasteiger partial charge is 0.490 e. The Hall–Kier alpha value is -1.55. The molecule has 0 saturated heterocycles. The first-order valence-corrected chi connectivity index (χ1v) is 6.73. The van der Waals surface area contributed by atoms with Gasteiger partial charge in [-0.2, -0.15) is 0 Å². The Bertz CT molecular complexity index is 430. The van der Waals surface area contributed by atoms with Gasteiger partial charge in [-0.3, -0.25) is 4.79 Å². The lowest BCUT2D eigenvalue weighted by molar-refractivity contribution is -0.122. The van der Waals surface area contributed by atoms with Crippen LogP contribution in [0.5, 0.6) is 5.75 Å². The van der Waals surface area contributed by atoms with Crippen LogP contribution in [0.15, 0.2) is 18.2 Å². The summed E-state index contributed by atoms with van der Waals surface area (Å²) < 4.78 is 5.89. The Kier molecular flexibility index (Phi) is 5.83. The summed E-state index contributed by atoms with van der Waals surface area (Å²) in [6.45, 7) is 8.24. The van der Waals surface area contributed by atoms with Crippen LogP contribution in [0.2, 0.25) is 0 Å². The lowest BCUT2D eigenvalue weighted by atomic mass is 10.1. The predicted molar refractivity (Wildman–Crippen MR) is 77.1 cm³/mol. The maximum absolute atomic E-state index is 11.5. The lowest BCUT2D eigenvalue weighted by Crippen LogP contribution is -2.37. The molecule has 0 bridgehead atoms. The zero-order valence-corrected chi connectivity index (χ0v) is 12.2. The first-order valence-electron chi connectivity index (χ1n) is 6.73. The number of hydrogen-bond donors (Lipinski definition) is 2. The molecule has 19 heavy (non-hydrogen) atoms. The van der Waals surface area contributed by atoms with Crippen LogP contribution in [0, 0.1) is 6.92 Å². The van der Waals surface area contributed by atoms with Crippen molar-refractivity contribution in [1.82, 2.24) is 5.32 Å². The van der Waals surface area contributed by atoms with Crippen LogP contribution < -0.4 is 15.8 Å². The van der Waals surface area contributed by atoms with Crippen LogP contribution in [0.3, 0.4) is 0 Å². The van der Waals surface area contributed by atoms with Crippen molar-refractivity contribution >= 4 is 5.91 Å². The minimum absolute atomic E-state index is 0.157. The Morgan fingerprint density at radius 3 is 2.68 bits per heavy atom. The van der Waals surface area contributed by atoms with Gasteiger partial charge in [0.05, 0.1) is 12.1 Å². The topological polar surface area (TPSA) is 64.3 Å². The van der Waals surface area contributed by atoms with Gasteiger partial charge in [-0.25, -0.2) is 0 Å². The Balaban J connectivity index is 2.78. The van der Waals surface area contributed by atoms with E-state index in [0.717, 1.165) is 23.3 Å². The molecule has 0 aliphatic rings. The maximum atomic E-state index is 11.5. The Morgan fingerprint density at radius 2 is 2.11 bits per heavy atom. The van der Waals surface area contributed by atoms with E-state index >= 15 is 0 Å². The summed E-state index contributed by atoms with van der Waals surface area (Å²) in [5.74, 6) is 0.675. The molecule has 0 fully saturated rings. The molecule has 2 atom stereocenters. The molecule has 1 unspecified atom stereocenters. The smallest absolute Gasteiger partial charge is 0.236 e. The van der Waals surface area contributed by atoms with Crippen molar-refractivity contribution in [1.29, 1.82) is 0 Å². The molecule has 0 radical (unpaired) electrons. The number of benzene rings is 1. The van der Waals surface area contributed by atoms with Gasteiger partial charge in [-0.05, 0) is 38.8 Å². The van der Waals surface area contributed by atoms with Gasteiger partial charge >= 0.3 is 0 Å². The van der Waals surface area contributed by atoms with Gasteiger partial charge in [0.25, 0.3) is 0 Å². The third-order valence-corrected chi connectivity index (χ3v) is 2.99. The van der Waals surface area contributed by atoms with Gasteiger partial charge in [0.2, 0.25) is 5.91 Å². The highest BCUT2D eigenvalue weighted by atomic mass is 16.5. The second-order valence-electron chi connectivity index (χ2n) is 4.95. The van der Waals surface area contributed by atoms with E-state index in [4.69, 9.17) is 10.5 Å². The second kappa shape index (κ2) is 7.14. The van der Waals surface area contributed by atoms with Crippen molar-refractivity contribution in [2.45, 2.75) is 52.8 Å². The molecular formula is C15H24N2O2. The fourth-order valence-corrected chi connectivity index (χ4v) is 1.56. The molecule has 0 saturated carbocycles. The van der Waals surface area contributed by atoms with E-state index in [9.17, 15) is 4.79 Å². The van der Waals surface area contributed by atoms with Crippen molar-refractivity contribution in [2.24, 2.45) is 5.73 Å². The standard InChI is InChI=1S/C15H24N2O2/c1-5-11(3)19-14-8-10(2)6-7-13(14)9-17-15(18)12(4)16/h6-8,11-12H,5,9,16H2,1-4H3,(H,17,18)/t11?,12-/m0/s1. The third kappa shape index (κ3) is 4.91. The second-order valence-corrected chi connectivity index (χ2v) is 4.95. The van der Waals surface area contributed by atoms with E-state index in [1.807, 2.05) is 32.0 Å². The van der Waals surface area contributed by atoms with Gasteiger partial charge in [0.1, 0.15) is 5.75 Å². The molecule has 0 aliphatic heterocycles. The van der Waals surface area contributed by atoms with Gasteiger partial charge in [-0.1, -0.05) is 19.1 Å². The molecule has 0 aromatic heterocycles. The summed E-state index contributed by atoms with van der Waals surface area (Å²) >= 11 is 0. The number of carbonyl (C=O) groups excluding carboxylic acids is 1. The average molecular weight is 264 g/mol. The first kappa shape index (κ1) is 15.5. The van der Waals surface area contributed by atoms with Crippen LogP contribution in [-0.4, -0.2) is 18.1 Å². The number of aryl methyl sites for hydroxylation is 1.